The molecule has 0 aromatic heterocycles. The standard InChI is InChI=1S/C12H21NO3/c1-3-16-11(14)6-9(2)13-7-12(15,8-13)10-4-5-10/h9-10,15H,3-8H2,1-2H3. The third-order valence-electron chi connectivity index (χ3n) is 3.68. The number of likely N-dealkylation sites (tertiary alicyclic amines) is 1. The van der Waals surface area contributed by atoms with Gasteiger partial charge in [0.25, 0.3) is 0 Å². The van der Waals surface area contributed by atoms with Crippen molar-refractivity contribution in [1.82, 2.24) is 4.90 Å². The maximum atomic E-state index is 11.3. The molecule has 0 aromatic rings. The first-order valence-corrected chi connectivity index (χ1v) is 6.17. The molecular weight excluding hydrogens is 206 g/mol. The molecule has 2 aliphatic rings. The summed E-state index contributed by atoms with van der Waals surface area (Å²) in [5, 5.41) is 10.1. The van der Waals surface area contributed by atoms with Crippen molar-refractivity contribution in [3.63, 3.8) is 0 Å². The van der Waals surface area contributed by atoms with E-state index in [1.807, 2.05) is 13.8 Å². The Kier molecular flexibility index (Phi) is 3.22. The first-order valence-electron chi connectivity index (χ1n) is 6.17. The molecule has 1 atom stereocenters. The zero-order chi connectivity index (χ0) is 11.8. The van der Waals surface area contributed by atoms with E-state index < -0.39 is 5.60 Å². The number of carbonyl (C=O) groups is 1. The molecule has 1 N–H and O–H groups in total. The average molecular weight is 227 g/mol. The Hall–Kier alpha value is -0.610. The van der Waals surface area contributed by atoms with Gasteiger partial charge < -0.3 is 9.84 Å². The van der Waals surface area contributed by atoms with Crippen molar-refractivity contribution in [3.8, 4) is 0 Å². The van der Waals surface area contributed by atoms with Crippen LogP contribution in [0.1, 0.15) is 33.1 Å². The molecule has 16 heavy (non-hydrogen) atoms. The molecule has 1 saturated carbocycles. The van der Waals surface area contributed by atoms with Gasteiger partial charge in [-0.2, -0.15) is 0 Å². The summed E-state index contributed by atoms with van der Waals surface area (Å²) in [6.45, 7) is 5.72. The Morgan fingerprint density at radius 3 is 2.69 bits per heavy atom. The summed E-state index contributed by atoms with van der Waals surface area (Å²) in [5.41, 5.74) is -0.455. The minimum Gasteiger partial charge on any atom is -0.466 e. The van der Waals surface area contributed by atoms with Crippen molar-refractivity contribution in [2.75, 3.05) is 19.7 Å². The second-order valence-electron chi connectivity index (χ2n) is 5.14. The topological polar surface area (TPSA) is 49.8 Å². The number of rotatable bonds is 5. The number of ether oxygens (including phenoxy) is 1. The third-order valence-corrected chi connectivity index (χ3v) is 3.68. The van der Waals surface area contributed by atoms with Crippen LogP contribution in [0.5, 0.6) is 0 Å². The number of nitrogens with zero attached hydrogens (tertiary/aromatic N) is 1. The maximum Gasteiger partial charge on any atom is 0.307 e. The quantitative estimate of drug-likeness (QED) is 0.705. The van der Waals surface area contributed by atoms with Gasteiger partial charge in [0.2, 0.25) is 0 Å². The van der Waals surface area contributed by atoms with Gasteiger partial charge in [0.1, 0.15) is 0 Å². The van der Waals surface area contributed by atoms with Crippen LogP contribution in [0.15, 0.2) is 0 Å². The van der Waals surface area contributed by atoms with Crippen LogP contribution in [0, 0.1) is 5.92 Å². The Labute approximate surface area is 96.6 Å². The number of hydrogen-bond acceptors (Lipinski definition) is 4. The van der Waals surface area contributed by atoms with Crippen LogP contribution in [-0.4, -0.2) is 47.3 Å². The fraction of sp³-hybridized carbons (Fsp3) is 0.917. The molecule has 0 bridgehead atoms. The molecule has 1 unspecified atom stereocenters. The molecule has 2 fully saturated rings. The molecule has 92 valence electrons. The van der Waals surface area contributed by atoms with E-state index in [1.54, 1.807) is 0 Å². The van der Waals surface area contributed by atoms with Crippen molar-refractivity contribution in [2.24, 2.45) is 5.92 Å². The predicted molar refractivity (Wildman–Crippen MR) is 60.0 cm³/mol. The summed E-state index contributed by atoms with van der Waals surface area (Å²) in [4.78, 5) is 13.5. The van der Waals surface area contributed by atoms with Gasteiger partial charge in [-0.25, -0.2) is 0 Å². The molecule has 1 aliphatic carbocycles. The fourth-order valence-corrected chi connectivity index (χ4v) is 2.44. The SMILES string of the molecule is CCOC(=O)CC(C)N1CC(O)(C2CC2)C1. The highest BCUT2D eigenvalue weighted by Gasteiger charge is 2.52. The molecule has 4 nitrogen and oxygen atoms in total. The van der Waals surface area contributed by atoms with Gasteiger partial charge in [-0.15, -0.1) is 0 Å². The van der Waals surface area contributed by atoms with Crippen LogP contribution in [0.3, 0.4) is 0 Å². The Morgan fingerprint density at radius 2 is 2.19 bits per heavy atom. The lowest BCUT2D eigenvalue weighted by Gasteiger charge is -2.49. The number of carbonyl (C=O) groups excluding carboxylic acids is 1. The van der Waals surface area contributed by atoms with Gasteiger partial charge in [-0.05, 0) is 32.6 Å². The van der Waals surface area contributed by atoms with E-state index in [1.165, 1.54) is 0 Å². The normalized spacial score (nSPS) is 25.9. The van der Waals surface area contributed by atoms with E-state index in [4.69, 9.17) is 4.74 Å². The van der Waals surface area contributed by atoms with Gasteiger partial charge in [0.15, 0.2) is 0 Å². The van der Waals surface area contributed by atoms with E-state index in [0.29, 0.717) is 18.9 Å². The zero-order valence-electron chi connectivity index (χ0n) is 10.1. The Balaban J connectivity index is 1.72. The molecule has 0 amide bonds. The van der Waals surface area contributed by atoms with Crippen LogP contribution in [0.2, 0.25) is 0 Å². The second-order valence-corrected chi connectivity index (χ2v) is 5.14. The largest absolute Gasteiger partial charge is 0.466 e. The molecule has 0 spiro atoms. The molecule has 4 heteroatoms. The van der Waals surface area contributed by atoms with Crippen molar-refractivity contribution in [2.45, 2.75) is 44.8 Å². The zero-order valence-corrected chi connectivity index (χ0v) is 10.1. The molecule has 1 saturated heterocycles. The van der Waals surface area contributed by atoms with Gasteiger partial charge in [-0.1, -0.05) is 0 Å². The smallest absolute Gasteiger partial charge is 0.307 e. The van der Waals surface area contributed by atoms with E-state index in [0.717, 1.165) is 25.9 Å². The second kappa shape index (κ2) is 4.34. The Morgan fingerprint density at radius 1 is 1.56 bits per heavy atom. The molecule has 0 radical (unpaired) electrons. The molecule has 0 aromatic carbocycles. The van der Waals surface area contributed by atoms with Crippen LogP contribution in [-0.2, 0) is 9.53 Å². The number of esters is 1. The van der Waals surface area contributed by atoms with Gasteiger partial charge in [-0.3, -0.25) is 9.69 Å². The van der Waals surface area contributed by atoms with E-state index >= 15 is 0 Å². The summed E-state index contributed by atoms with van der Waals surface area (Å²) >= 11 is 0. The lowest BCUT2D eigenvalue weighted by atomic mass is 9.87. The lowest BCUT2D eigenvalue weighted by Crippen LogP contribution is -2.65. The van der Waals surface area contributed by atoms with Crippen molar-refractivity contribution < 1.29 is 14.6 Å². The van der Waals surface area contributed by atoms with Crippen molar-refractivity contribution >= 4 is 5.97 Å². The molecule has 1 aliphatic heterocycles. The first kappa shape index (κ1) is 11.9. The van der Waals surface area contributed by atoms with Gasteiger partial charge in [0.05, 0.1) is 18.6 Å². The highest BCUT2D eigenvalue weighted by Crippen LogP contribution is 2.45. The van der Waals surface area contributed by atoms with E-state index in [2.05, 4.69) is 4.90 Å². The molecule has 2 rings (SSSR count). The summed E-state index contributed by atoms with van der Waals surface area (Å²) in [5.74, 6) is 0.371. The van der Waals surface area contributed by atoms with E-state index in [9.17, 15) is 9.90 Å². The lowest BCUT2D eigenvalue weighted by molar-refractivity contribution is -0.151. The number of aliphatic hydroxyl groups is 1. The third kappa shape index (κ3) is 2.38. The van der Waals surface area contributed by atoms with Crippen molar-refractivity contribution in [3.05, 3.63) is 0 Å². The van der Waals surface area contributed by atoms with E-state index in [-0.39, 0.29) is 12.0 Å². The maximum absolute atomic E-state index is 11.3. The first-order chi connectivity index (χ1) is 7.55. The van der Waals surface area contributed by atoms with Crippen LogP contribution in [0.4, 0.5) is 0 Å². The minimum atomic E-state index is -0.455. The highest BCUT2D eigenvalue weighted by atomic mass is 16.5. The predicted octanol–water partition coefficient (Wildman–Crippen LogP) is 0.785. The fourth-order valence-electron chi connectivity index (χ4n) is 2.44. The van der Waals surface area contributed by atoms with Gasteiger partial charge in [0, 0.05) is 19.1 Å². The average Bonchev–Trinajstić information content (AvgIpc) is 2.96. The van der Waals surface area contributed by atoms with Crippen LogP contribution >= 0.6 is 0 Å². The van der Waals surface area contributed by atoms with Crippen molar-refractivity contribution in [1.29, 1.82) is 0 Å². The number of β-amino-alcohol motifs (C(OH)–C–C–N with tert-alkyl or cyclic N) is 1. The summed E-state index contributed by atoms with van der Waals surface area (Å²) in [6.07, 6.45) is 2.75. The summed E-state index contributed by atoms with van der Waals surface area (Å²) in [6, 6.07) is 0.179. The van der Waals surface area contributed by atoms with Crippen LogP contribution in [0.25, 0.3) is 0 Å². The molecular formula is C12H21NO3. The number of hydrogen-bond donors (Lipinski definition) is 1. The molecule has 1 heterocycles. The summed E-state index contributed by atoms with van der Waals surface area (Å²) in [7, 11) is 0. The van der Waals surface area contributed by atoms with Crippen LogP contribution < -0.4 is 0 Å². The Bertz CT molecular complexity index is 269. The highest BCUT2D eigenvalue weighted by molar-refractivity contribution is 5.70. The summed E-state index contributed by atoms with van der Waals surface area (Å²) < 4.78 is 4.91. The minimum absolute atomic E-state index is 0.142. The van der Waals surface area contributed by atoms with Gasteiger partial charge >= 0.3 is 5.97 Å². The monoisotopic (exact) mass is 227 g/mol.